The summed E-state index contributed by atoms with van der Waals surface area (Å²) in [4.78, 5) is 32.8. The molecule has 0 radical (unpaired) electrons. The van der Waals surface area contributed by atoms with E-state index in [1.54, 1.807) is 17.1 Å². The van der Waals surface area contributed by atoms with Crippen molar-refractivity contribution < 1.29 is 9.59 Å². The molecule has 4 rings (SSSR count). The summed E-state index contributed by atoms with van der Waals surface area (Å²) in [6, 6.07) is 9.40. The summed E-state index contributed by atoms with van der Waals surface area (Å²) in [5.41, 5.74) is 1.29. The molecule has 0 saturated carbocycles. The summed E-state index contributed by atoms with van der Waals surface area (Å²) in [5, 5.41) is 2.93. The molecule has 7 heteroatoms. The van der Waals surface area contributed by atoms with Crippen molar-refractivity contribution in [3.63, 3.8) is 0 Å². The van der Waals surface area contributed by atoms with Gasteiger partial charge < -0.3 is 19.7 Å². The lowest BCUT2D eigenvalue weighted by Gasteiger charge is -2.21. The maximum absolute atomic E-state index is 12.5. The second kappa shape index (κ2) is 6.23. The van der Waals surface area contributed by atoms with Crippen molar-refractivity contribution in [3.05, 3.63) is 48.5 Å². The molecular formula is C18H21N5O2. The van der Waals surface area contributed by atoms with Gasteiger partial charge in [0.25, 0.3) is 5.91 Å². The Hall–Kier alpha value is -2.83. The van der Waals surface area contributed by atoms with Crippen LogP contribution < -0.4 is 5.32 Å². The summed E-state index contributed by atoms with van der Waals surface area (Å²) in [6.07, 6.45) is 3.38. The van der Waals surface area contributed by atoms with Crippen LogP contribution in [0.4, 0.5) is 10.5 Å². The number of likely N-dealkylation sites (tertiary alicyclic amines) is 2. The van der Waals surface area contributed by atoms with Crippen LogP contribution in [0.25, 0.3) is 0 Å². The number of para-hydroxylation sites is 1. The van der Waals surface area contributed by atoms with Crippen molar-refractivity contribution in [1.29, 1.82) is 0 Å². The Morgan fingerprint density at radius 1 is 1.04 bits per heavy atom. The SMILES string of the molecule is Cn1cnc(C(=O)N2CC3CN(C(=O)Nc4ccccc4)CC3C2)c1. The van der Waals surface area contributed by atoms with Crippen molar-refractivity contribution in [1.82, 2.24) is 19.4 Å². The van der Waals surface area contributed by atoms with Gasteiger partial charge in [0, 0.05) is 56.9 Å². The van der Waals surface area contributed by atoms with Crippen LogP contribution in [-0.2, 0) is 7.05 Å². The van der Waals surface area contributed by atoms with Gasteiger partial charge in [-0.25, -0.2) is 9.78 Å². The molecule has 1 N–H and O–H groups in total. The van der Waals surface area contributed by atoms with Gasteiger partial charge in [-0.15, -0.1) is 0 Å². The molecule has 130 valence electrons. The number of urea groups is 1. The number of nitrogens with one attached hydrogen (secondary N) is 1. The van der Waals surface area contributed by atoms with Gasteiger partial charge in [-0.05, 0) is 12.1 Å². The molecule has 2 aliphatic rings. The van der Waals surface area contributed by atoms with E-state index in [0.29, 0.717) is 43.7 Å². The van der Waals surface area contributed by atoms with E-state index in [9.17, 15) is 9.59 Å². The lowest BCUT2D eigenvalue weighted by Crippen LogP contribution is -2.37. The first kappa shape index (κ1) is 15.7. The first-order valence-corrected chi connectivity index (χ1v) is 8.48. The van der Waals surface area contributed by atoms with Gasteiger partial charge in [0.2, 0.25) is 0 Å². The molecule has 0 spiro atoms. The average molecular weight is 339 g/mol. The van der Waals surface area contributed by atoms with E-state index in [0.717, 1.165) is 5.69 Å². The van der Waals surface area contributed by atoms with Crippen LogP contribution in [0.5, 0.6) is 0 Å². The first-order chi connectivity index (χ1) is 12.1. The minimum Gasteiger partial charge on any atom is -0.340 e. The van der Waals surface area contributed by atoms with E-state index in [2.05, 4.69) is 10.3 Å². The molecule has 1 aromatic carbocycles. The highest BCUT2D eigenvalue weighted by Gasteiger charge is 2.43. The number of anilines is 1. The fourth-order valence-electron chi connectivity index (χ4n) is 3.73. The lowest BCUT2D eigenvalue weighted by molar-refractivity contribution is 0.0772. The van der Waals surface area contributed by atoms with E-state index in [-0.39, 0.29) is 11.9 Å². The number of imidazole rings is 1. The third-order valence-electron chi connectivity index (χ3n) is 5.01. The number of carbonyl (C=O) groups is 2. The zero-order valence-corrected chi connectivity index (χ0v) is 14.1. The van der Waals surface area contributed by atoms with Crippen LogP contribution in [0.1, 0.15) is 10.5 Å². The number of aromatic nitrogens is 2. The molecule has 2 unspecified atom stereocenters. The smallest absolute Gasteiger partial charge is 0.321 e. The van der Waals surface area contributed by atoms with Crippen LogP contribution in [-0.4, -0.2) is 57.5 Å². The topological polar surface area (TPSA) is 70.5 Å². The summed E-state index contributed by atoms with van der Waals surface area (Å²) in [5.74, 6) is 0.665. The number of aryl methyl sites for hydroxylation is 1. The monoisotopic (exact) mass is 339 g/mol. The van der Waals surface area contributed by atoms with Crippen LogP contribution in [0.3, 0.4) is 0 Å². The maximum atomic E-state index is 12.5. The van der Waals surface area contributed by atoms with Gasteiger partial charge in [-0.3, -0.25) is 4.79 Å². The Kier molecular flexibility index (Phi) is 3.91. The van der Waals surface area contributed by atoms with Gasteiger partial charge in [0.1, 0.15) is 5.69 Å². The molecule has 2 aromatic rings. The van der Waals surface area contributed by atoms with Gasteiger partial charge in [-0.1, -0.05) is 18.2 Å². The predicted molar refractivity (Wildman–Crippen MR) is 93.1 cm³/mol. The number of carbonyl (C=O) groups excluding carboxylic acids is 2. The minimum atomic E-state index is -0.0665. The van der Waals surface area contributed by atoms with Gasteiger partial charge in [-0.2, -0.15) is 0 Å². The van der Waals surface area contributed by atoms with Crippen LogP contribution in [0.2, 0.25) is 0 Å². The number of benzene rings is 1. The fourth-order valence-corrected chi connectivity index (χ4v) is 3.73. The number of hydrogen-bond donors (Lipinski definition) is 1. The standard InChI is InChI=1S/C18H21N5O2/c1-21-11-16(19-12-21)17(24)22-7-13-9-23(10-14(13)8-22)18(25)20-15-5-3-2-4-6-15/h2-6,11-14H,7-10H2,1H3,(H,20,25). The van der Waals surface area contributed by atoms with E-state index >= 15 is 0 Å². The molecule has 0 bridgehead atoms. The van der Waals surface area contributed by atoms with Crippen LogP contribution >= 0.6 is 0 Å². The third-order valence-corrected chi connectivity index (χ3v) is 5.01. The van der Waals surface area contributed by atoms with E-state index in [1.807, 2.05) is 47.2 Å². The third kappa shape index (κ3) is 3.09. The number of rotatable bonds is 2. The van der Waals surface area contributed by atoms with Crippen LogP contribution in [0, 0.1) is 11.8 Å². The predicted octanol–water partition coefficient (Wildman–Crippen LogP) is 1.66. The quantitative estimate of drug-likeness (QED) is 0.904. The molecule has 2 aliphatic heterocycles. The summed E-state index contributed by atoms with van der Waals surface area (Å²) < 4.78 is 1.78. The molecule has 2 saturated heterocycles. The largest absolute Gasteiger partial charge is 0.340 e. The minimum absolute atomic E-state index is 0.0183. The average Bonchev–Trinajstić information content (AvgIpc) is 3.29. The Morgan fingerprint density at radius 3 is 2.28 bits per heavy atom. The van der Waals surface area contributed by atoms with E-state index < -0.39 is 0 Å². The number of nitrogens with zero attached hydrogens (tertiary/aromatic N) is 4. The van der Waals surface area contributed by atoms with E-state index in [4.69, 9.17) is 0 Å². The van der Waals surface area contributed by atoms with Crippen molar-refractivity contribution in [3.8, 4) is 0 Å². The Bertz CT molecular complexity index is 774. The van der Waals surface area contributed by atoms with Crippen molar-refractivity contribution in [2.75, 3.05) is 31.5 Å². The van der Waals surface area contributed by atoms with E-state index in [1.165, 1.54) is 0 Å². The molecule has 3 heterocycles. The van der Waals surface area contributed by atoms with Crippen molar-refractivity contribution >= 4 is 17.6 Å². The molecule has 25 heavy (non-hydrogen) atoms. The number of fused-ring (bicyclic) bond motifs is 1. The lowest BCUT2D eigenvalue weighted by atomic mass is 10.0. The molecular weight excluding hydrogens is 318 g/mol. The Balaban J connectivity index is 1.34. The van der Waals surface area contributed by atoms with Gasteiger partial charge >= 0.3 is 6.03 Å². The normalized spacial score (nSPS) is 22.1. The molecule has 2 atom stereocenters. The highest BCUT2D eigenvalue weighted by atomic mass is 16.2. The maximum Gasteiger partial charge on any atom is 0.321 e. The molecule has 7 nitrogen and oxygen atoms in total. The Labute approximate surface area is 146 Å². The van der Waals surface area contributed by atoms with Crippen LogP contribution in [0.15, 0.2) is 42.9 Å². The highest BCUT2D eigenvalue weighted by Crippen LogP contribution is 2.32. The number of hydrogen-bond acceptors (Lipinski definition) is 3. The molecule has 1 aromatic heterocycles. The summed E-state index contributed by atoms with van der Waals surface area (Å²) in [6.45, 7) is 2.76. The zero-order chi connectivity index (χ0) is 17.4. The highest BCUT2D eigenvalue weighted by molar-refractivity contribution is 5.92. The fraction of sp³-hybridized carbons (Fsp3) is 0.389. The molecule has 3 amide bonds. The number of amides is 3. The Morgan fingerprint density at radius 2 is 1.68 bits per heavy atom. The first-order valence-electron chi connectivity index (χ1n) is 8.48. The van der Waals surface area contributed by atoms with Gasteiger partial charge in [0.05, 0.1) is 6.33 Å². The molecule has 0 aliphatic carbocycles. The second-order valence-corrected chi connectivity index (χ2v) is 6.86. The second-order valence-electron chi connectivity index (χ2n) is 6.86. The molecule has 2 fully saturated rings. The zero-order valence-electron chi connectivity index (χ0n) is 14.1. The van der Waals surface area contributed by atoms with Gasteiger partial charge in [0.15, 0.2) is 0 Å². The summed E-state index contributed by atoms with van der Waals surface area (Å²) >= 11 is 0. The summed E-state index contributed by atoms with van der Waals surface area (Å²) in [7, 11) is 1.85. The van der Waals surface area contributed by atoms with Crippen molar-refractivity contribution in [2.24, 2.45) is 18.9 Å². The van der Waals surface area contributed by atoms with Crippen molar-refractivity contribution in [2.45, 2.75) is 0 Å².